The van der Waals surface area contributed by atoms with Gasteiger partial charge in [0.1, 0.15) is 17.6 Å². The van der Waals surface area contributed by atoms with Crippen LogP contribution in [0.15, 0.2) is 65.6 Å². The van der Waals surface area contributed by atoms with Gasteiger partial charge in [-0.15, -0.1) is 11.3 Å². The van der Waals surface area contributed by atoms with Gasteiger partial charge in [0.2, 0.25) is 0 Å². The van der Waals surface area contributed by atoms with Gasteiger partial charge in [0.25, 0.3) is 11.7 Å². The smallest absolute Gasteiger partial charge is 0.300 e. The standard InChI is InChI=1S/C22H15ClFNO3S/c1-12-4-7-14(23)11-16(12)25-19(17-3-2-10-29-17)18(21(27)22(25)28)20(26)13-5-8-15(24)9-6-13/h2-11,19,26H,1H3/b20-18-. The molecule has 1 atom stereocenters. The van der Waals surface area contributed by atoms with Crippen molar-refractivity contribution in [2.75, 3.05) is 4.90 Å². The Bertz CT molecular complexity index is 1140. The van der Waals surface area contributed by atoms with E-state index in [4.69, 9.17) is 11.6 Å². The normalized spacial score (nSPS) is 18.4. The molecular weight excluding hydrogens is 413 g/mol. The molecule has 2 aromatic carbocycles. The predicted octanol–water partition coefficient (Wildman–Crippen LogP) is 5.48. The van der Waals surface area contributed by atoms with Crippen LogP contribution in [-0.4, -0.2) is 16.8 Å². The van der Waals surface area contributed by atoms with Gasteiger partial charge in [0, 0.05) is 21.2 Å². The topological polar surface area (TPSA) is 57.6 Å². The average Bonchev–Trinajstić information content (AvgIpc) is 3.31. The van der Waals surface area contributed by atoms with Gasteiger partial charge in [-0.3, -0.25) is 14.5 Å². The van der Waals surface area contributed by atoms with E-state index < -0.39 is 23.5 Å². The summed E-state index contributed by atoms with van der Waals surface area (Å²) in [5.41, 5.74) is 1.48. The summed E-state index contributed by atoms with van der Waals surface area (Å²) in [5, 5.41) is 13.2. The summed E-state index contributed by atoms with van der Waals surface area (Å²) in [6, 6.07) is 13.0. The molecular formula is C22H15ClFNO3S. The van der Waals surface area contributed by atoms with Crippen LogP contribution in [0.3, 0.4) is 0 Å². The van der Waals surface area contributed by atoms with Crippen molar-refractivity contribution in [3.8, 4) is 0 Å². The van der Waals surface area contributed by atoms with Crippen molar-refractivity contribution < 1.29 is 19.1 Å². The van der Waals surface area contributed by atoms with E-state index in [0.29, 0.717) is 15.6 Å². The van der Waals surface area contributed by atoms with Crippen LogP contribution >= 0.6 is 22.9 Å². The van der Waals surface area contributed by atoms with Crippen molar-refractivity contribution in [1.82, 2.24) is 0 Å². The molecule has 1 aliphatic rings. The number of hydrogen-bond acceptors (Lipinski definition) is 4. The Hall–Kier alpha value is -2.96. The quantitative estimate of drug-likeness (QED) is 0.342. The third-order valence-corrected chi connectivity index (χ3v) is 5.97. The summed E-state index contributed by atoms with van der Waals surface area (Å²) in [6.07, 6.45) is 0. The summed E-state index contributed by atoms with van der Waals surface area (Å²) in [7, 11) is 0. The summed E-state index contributed by atoms with van der Waals surface area (Å²) in [4.78, 5) is 28.0. The monoisotopic (exact) mass is 427 g/mol. The Morgan fingerprint density at radius 3 is 2.52 bits per heavy atom. The SMILES string of the molecule is Cc1ccc(Cl)cc1N1C(=O)C(=O)/C(=C(\O)c2ccc(F)cc2)C1c1cccs1. The van der Waals surface area contributed by atoms with E-state index in [0.717, 1.165) is 5.56 Å². The Labute approximate surface area is 175 Å². The number of carbonyl (C=O) groups is 2. The van der Waals surface area contributed by atoms with Gasteiger partial charge in [0.15, 0.2) is 0 Å². The second-order valence-corrected chi connectivity index (χ2v) is 8.04. The van der Waals surface area contributed by atoms with E-state index in [1.807, 2.05) is 18.4 Å². The van der Waals surface area contributed by atoms with Crippen LogP contribution in [0.1, 0.15) is 22.0 Å². The first-order chi connectivity index (χ1) is 13.9. The van der Waals surface area contributed by atoms with Crippen molar-refractivity contribution >= 4 is 46.1 Å². The van der Waals surface area contributed by atoms with Crippen molar-refractivity contribution in [3.05, 3.63) is 92.4 Å². The maximum absolute atomic E-state index is 13.3. The predicted molar refractivity (Wildman–Crippen MR) is 112 cm³/mol. The summed E-state index contributed by atoms with van der Waals surface area (Å²) in [6.45, 7) is 1.82. The molecule has 1 aliphatic heterocycles. The lowest BCUT2D eigenvalue weighted by molar-refractivity contribution is -0.132. The van der Waals surface area contributed by atoms with Gasteiger partial charge < -0.3 is 5.11 Å². The van der Waals surface area contributed by atoms with E-state index in [2.05, 4.69) is 0 Å². The van der Waals surface area contributed by atoms with E-state index in [1.165, 1.54) is 40.5 Å². The number of carbonyl (C=O) groups excluding carboxylic acids is 2. The highest BCUT2D eigenvalue weighted by Crippen LogP contribution is 2.44. The fourth-order valence-electron chi connectivity index (χ4n) is 3.40. The molecule has 4 rings (SSSR count). The van der Waals surface area contributed by atoms with Crippen LogP contribution in [0.4, 0.5) is 10.1 Å². The summed E-state index contributed by atoms with van der Waals surface area (Å²) < 4.78 is 13.3. The van der Waals surface area contributed by atoms with E-state index in [-0.39, 0.29) is 16.9 Å². The number of ketones is 1. The lowest BCUT2D eigenvalue weighted by atomic mass is 9.99. The molecule has 4 nitrogen and oxygen atoms in total. The van der Waals surface area contributed by atoms with E-state index >= 15 is 0 Å². The Kier molecular flexibility index (Phi) is 4.98. The number of amides is 1. The van der Waals surface area contributed by atoms with Crippen molar-refractivity contribution in [1.29, 1.82) is 0 Å². The lowest BCUT2D eigenvalue weighted by Crippen LogP contribution is -2.29. The van der Waals surface area contributed by atoms with Crippen LogP contribution in [0.5, 0.6) is 0 Å². The first-order valence-electron chi connectivity index (χ1n) is 8.75. The fourth-order valence-corrected chi connectivity index (χ4v) is 4.39. The summed E-state index contributed by atoms with van der Waals surface area (Å²) in [5.74, 6) is -2.36. The molecule has 7 heteroatoms. The number of aryl methyl sites for hydroxylation is 1. The molecule has 0 saturated carbocycles. The molecule has 146 valence electrons. The van der Waals surface area contributed by atoms with Gasteiger partial charge in [-0.2, -0.15) is 0 Å². The average molecular weight is 428 g/mol. The van der Waals surface area contributed by atoms with Gasteiger partial charge >= 0.3 is 0 Å². The van der Waals surface area contributed by atoms with Crippen LogP contribution < -0.4 is 4.90 Å². The van der Waals surface area contributed by atoms with Gasteiger partial charge in [0.05, 0.1) is 5.57 Å². The first-order valence-corrected chi connectivity index (χ1v) is 10.0. The van der Waals surface area contributed by atoms with Crippen molar-refractivity contribution in [3.63, 3.8) is 0 Å². The molecule has 29 heavy (non-hydrogen) atoms. The van der Waals surface area contributed by atoms with Gasteiger partial charge in [-0.25, -0.2) is 4.39 Å². The van der Waals surface area contributed by atoms with Crippen LogP contribution in [-0.2, 0) is 9.59 Å². The zero-order valence-corrected chi connectivity index (χ0v) is 16.8. The number of aliphatic hydroxyl groups excluding tert-OH is 1. The highest BCUT2D eigenvalue weighted by molar-refractivity contribution is 7.10. The molecule has 1 N–H and O–H groups in total. The molecule has 1 unspecified atom stereocenters. The molecule has 0 spiro atoms. The highest BCUT2D eigenvalue weighted by Gasteiger charge is 2.47. The number of aliphatic hydroxyl groups is 1. The number of benzene rings is 2. The number of thiophene rings is 1. The lowest BCUT2D eigenvalue weighted by Gasteiger charge is -2.25. The molecule has 0 bridgehead atoms. The molecule has 3 aromatic rings. The molecule has 2 heterocycles. The molecule has 1 aromatic heterocycles. The second kappa shape index (κ2) is 7.46. The number of anilines is 1. The maximum Gasteiger partial charge on any atom is 0.300 e. The number of hydrogen-bond donors (Lipinski definition) is 1. The molecule has 0 radical (unpaired) electrons. The van der Waals surface area contributed by atoms with Gasteiger partial charge in [-0.05, 0) is 60.3 Å². The molecule has 0 aliphatic carbocycles. The van der Waals surface area contributed by atoms with E-state index in [1.54, 1.807) is 24.3 Å². The molecule has 1 saturated heterocycles. The zero-order valence-electron chi connectivity index (χ0n) is 15.2. The number of rotatable bonds is 3. The minimum Gasteiger partial charge on any atom is -0.507 e. The number of halogens is 2. The van der Waals surface area contributed by atoms with Crippen LogP contribution in [0.25, 0.3) is 5.76 Å². The summed E-state index contributed by atoms with van der Waals surface area (Å²) >= 11 is 7.51. The van der Waals surface area contributed by atoms with Gasteiger partial charge in [-0.1, -0.05) is 23.7 Å². The van der Waals surface area contributed by atoms with Crippen molar-refractivity contribution in [2.24, 2.45) is 0 Å². The third kappa shape index (κ3) is 3.34. The third-order valence-electron chi connectivity index (χ3n) is 4.81. The zero-order chi connectivity index (χ0) is 20.7. The molecule has 1 amide bonds. The molecule has 1 fully saturated rings. The van der Waals surface area contributed by atoms with Crippen LogP contribution in [0.2, 0.25) is 5.02 Å². The fraction of sp³-hybridized carbons (Fsp3) is 0.0909. The number of nitrogens with zero attached hydrogens (tertiary/aromatic N) is 1. The highest BCUT2D eigenvalue weighted by atomic mass is 35.5. The first kappa shape index (κ1) is 19.4. The largest absolute Gasteiger partial charge is 0.507 e. The Morgan fingerprint density at radius 2 is 1.86 bits per heavy atom. The maximum atomic E-state index is 13.3. The van der Waals surface area contributed by atoms with Crippen molar-refractivity contribution in [2.45, 2.75) is 13.0 Å². The number of Topliss-reactive ketones (excluding diaryl/α,β-unsaturated/α-hetero) is 1. The minimum atomic E-state index is -0.808. The second-order valence-electron chi connectivity index (χ2n) is 6.62. The van der Waals surface area contributed by atoms with Crippen LogP contribution in [0, 0.1) is 12.7 Å². The Balaban J connectivity index is 1.95. The Morgan fingerprint density at radius 1 is 1.14 bits per heavy atom. The minimum absolute atomic E-state index is 0.0385. The van der Waals surface area contributed by atoms with E-state index in [9.17, 15) is 19.1 Å².